The fraction of sp³-hybridized carbons (Fsp3) is 0.375. The lowest BCUT2D eigenvalue weighted by molar-refractivity contribution is -0.119. The smallest absolute Gasteiger partial charge is 0.420 e. The average Bonchev–Trinajstić information content (AvgIpc) is 3.45. The van der Waals surface area contributed by atoms with Gasteiger partial charge in [-0.1, -0.05) is 35.1 Å². The Kier molecular flexibility index (Phi) is 8.53. The van der Waals surface area contributed by atoms with E-state index in [-0.39, 0.29) is 24.9 Å². The zero-order valence-electron chi connectivity index (χ0n) is 19.6. The predicted molar refractivity (Wildman–Crippen MR) is 143 cm³/mol. The number of ether oxygens (including phenoxy) is 2. The normalized spacial score (nSPS) is 14.2. The number of fused-ring (bicyclic) bond motifs is 2. The number of rotatable bonds is 8. The van der Waals surface area contributed by atoms with Gasteiger partial charge >= 0.3 is 5.76 Å². The molecule has 0 spiro atoms. The second kappa shape index (κ2) is 11.6. The lowest BCUT2D eigenvalue weighted by Crippen LogP contribution is -2.40. The number of hydrogen-bond acceptors (Lipinski definition) is 8. The SMILES string of the molecule is COc1ccc(Cl)c2sc(N(CCCN3CCOCC3)C(=O)Cn3c(=O)oc4ccccc43)nc12.Cl. The molecule has 3 heterocycles. The summed E-state index contributed by atoms with van der Waals surface area (Å²) in [6.45, 7) is 4.30. The summed E-state index contributed by atoms with van der Waals surface area (Å²) in [6, 6.07) is 10.6. The van der Waals surface area contributed by atoms with Crippen LogP contribution in [0.1, 0.15) is 6.42 Å². The van der Waals surface area contributed by atoms with Gasteiger partial charge in [-0.25, -0.2) is 9.78 Å². The van der Waals surface area contributed by atoms with Crippen molar-refractivity contribution in [2.45, 2.75) is 13.0 Å². The maximum absolute atomic E-state index is 13.6. The summed E-state index contributed by atoms with van der Waals surface area (Å²) in [6.07, 6.45) is 0.744. The summed E-state index contributed by atoms with van der Waals surface area (Å²) < 4.78 is 18.3. The van der Waals surface area contributed by atoms with Gasteiger partial charge in [0.15, 0.2) is 10.7 Å². The third-order valence-electron chi connectivity index (χ3n) is 6.03. The van der Waals surface area contributed by atoms with E-state index in [9.17, 15) is 9.59 Å². The Hall–Kier alpha value is -2.63. The van der Waals surface area contributed by atoms with Gasteiger partial charge in [0.25, 0.3) is 0 Å². The Balaban J connectivity index is 0.00000304. The van der Waals surface area contributed by atoms with Crippen molar-refractivity contribution in [1.82, 2.24) is 14.5 Å². The molecule has 1 aliphatic heterocycles. The number of morpholine rings is 1. The molecule has 0 radical (unpaired) electrons. The highest BCUT2D eigenvalue weighted by atomic mass is 35.5. The van der Waals surface area contributed by atoms with Crippen molar-refractivity contribution in [3.63, 3.8) is 0 Å². The molecule has 0 aliphatic carbocycles. The van der Waals surface area contributed by atoms with E-state index >= 15 is 0 Å². The maximum Gasteiger partial charge on any atom is 0.420 e. The summed E-state index contributed by atoms with van der Waals surface area (Å²) in [5.41, 5.74) is 1.63. The molecule has 36 heavy (non-hydrogen) atoms. The van der Waals surface area contributed by atoms with Gasteiger partial charge in [-0.2, -0.15) is 0 Å². The average molecular weight is 553 g/mol. The first-order valence-corrected chi connectivity index (χ1v) is 12.6. The van der Waals surface area contributed by atoms with Gasteiger partial charge < -0.3 is 13.9 Å². The summed E-state index contributed by atoms with van der Waals surface area (Å²) in [5, 5.41) is 1.06. The minimum Gasteiger partial charge on any atom is -0.494 e. The molecule has 12 heteroatoms. The Bertz CT molecular complexity index is 1410. The fourth-order valence-corrected chi connectivity index (χ4v) is 5.51. The topological polar surface area (TPSA) is 90.0 Å². The van der Waals surface area contributed by atoms with Gasteiger partial charge in [-0.3, -0.25) is 19.2 Å². The van der Waals surface area contributed by atoms with E-state index in [1.165, 1.54) is 15.9 Å². The molecule has 0 unspecified atom stereocenters. The van der Waals surface area contributed by atoms with E-state index in [1.54, 1.807) is 48.4 Å². The number of thiazole rings is 1. The van der Waals surface area contributed by atoms with E-state index in [4.69, 9.17) is 30.5 Å². The highest BCUT2D eigenvalue weighted by Crippen LogP contribution is 2.38. The molecule has 0 atom stereocenters. The number of benzene rings is 2. The number of anilines is 1. The van der Waals surface area contributed by atoms with Crippen molar-refractivity contribution >= 4 is 67.7 Å². The first-order chi connectivity index (χ1) is 17.0. The molecule has 1 saturated heterocycles. The lowest BCUT2D eigenvalue weighted by atomic mass is 10.3. The number of hydrogen-bond donors (Lipinski definition) is 0. The third kappa shape index (κ3) is 5.37. The fourth-order valence-electron chi connectivity index (χ4n) is 4.21. The van der Waals surface area contributed by atoms with Gasteiger partial charge in [0.2, 0.25) is 5.91 Å². The Morgan fingerprint density at radius 1 is 1.22 bits per heavy atom. The molecule has 4 aromatic rings. The van der Waals surface area contributed by atoms with E-state index in [0.717, 1.165) is 44.0 Å². The first kappa shape index (κ1) is 26.4. The first-order valence-electron chi connectivity index (χ1n) is 11.4. The van der Waals surface area contributed by atoms with E-state index in [2.05, 4.69) is 4.90 Å². The number of aromatic nitrogens is 2. The minimum atomic E-state index is -0.568. The molecule has 1 amide bonds. The quantitative estimate of drug-likeness (QED) is 0.325. The summed E-state index contributed by atoms with van der Waals surface area (Å²) in [4.78, 5) is 34.7. The van der Waals surface area contributed by atoms with Crippen molar-refractivity contribution in [3.8, 4) is 5.75 Å². The van der Waals surface area contributed by atoms with Crippen LogP contribution in [0.15, 0.2) is 45.6 Å². The van der Waals surface area contributed by atoms with Gasteiger partial charge in [0, 0.05) is 26.2 Å². The second-order valence-corrected chi connectivity index (χ2v) is 9.58. The molecule has 2 aromatic carbocycles. The minimum absolute atomic E-state index is 0. The van der Waals surface area contributed by atoms with Crippen LogP contribution in [-0.4, -0.2) is 66.9 Å². The molecule has 0 saturated carbocycles. The van der Waals surface area contributed by atoms with Crippen LogP contribution in [0.2, 0.25) is 5.02 Å². The highest BCUT2D eigenvalue weighted by Gasteiger charge is 2.24. The van der Waals surface area contributed by atoms with Crippen molar-refractivity contribution in [2.24, 2.45) is 0 Å². The van der Waals surface area contributed by atoms with Crippen molar-refractivity contribution in [3.05, 3.63) is 52.0 Å². The summed E-state index contributed by atoms with van der Waals surface area (Å²) >= 11 is 7.76. The van der Waals surface area contributed by atoms with Gasteiger partial charge in [-0.05, 0) is 30.7 Å². The number of methoxy groups -OCH3 is 1. The number of carbonyl (C=O) groups is 1. The summed E-state index contributed by atoms with van der Waals surface area (Å²) in [5.74, 6) is -0.235. The van der Waals surface area contributed by atoms with E-state index in [0.29, 0.717) is 39.1 Å². The number of para-hydroxylation sites is 2. The van der Waals surface area contributed by atoms with Gasteiger partial charge in [-0.15, -0.1) is 12.4 Å². The molecule has 0 N–H and O–H groups in total. The Morgan fingerprint density at radius 3 is 2.78 bits per heavy atom. The standard InChI is InChI=1S/C24H25ClN4O5S.ClH/c1-32-19-8-7-16(25)22-21(19)26-23(35-22)28(10-4-9-27-11-13-33-14-12-27)20(30)15-29-17-5-2-3-6-18(17)34-24(29)31;/h2-3,5-8H,4,9-15H2,1H3;1H. The number of carbonyl (C=O) groups excluding carboxylic acids is 1. The molecule has 192 valence electrons. The molecule has 2 aromatic heterocycles. The zero-order valence-corrected chi connectivity index (χ0v) is 22.0. The number of nitrogens with zero attached hydrogens (tertiary/aromatic N) is 4. The second-order valence-electron chi connectivity index (χ2n) is 8.20. The zero-order chi connectivity index (χ0) is 24.4. The van der Waals surface area contributed by atoms with E-state index < -0.39 is 5.76 Å². The van der Waals surface area contributed by atoms with Crippen LogP contribution < -0.4 is 15.4 Å². The third-order valence-corrected chi connectivity index (χ3v) is 7.56. The maximum atomic E-state index is 13.6. The summed E-state index contributed by atoms with van der Waals surface area (Å²) in [7, 11) is 1.57. The molecule has 1 aliphatic rings. The van der Waals surface area contributed by atoms with Crippen LogP contribution >= 0.6 is 35.3 Å². The van der Waals surface area contributed by atoms with Crippen LogP contribution in [0.5, 0.6) is 5.75 Å². The van der Waals surface area contributed by atoms with Gasteiger partial charge in [0.05, 0.1) is 35.6 Å². The monoisotopic (exact) mass is 552 g/mol. The Labute approximate surface area is 222 Å². The van der Waals surface area contributed by atoms with Crippen molar-refractivity contribution in [2.75, 3.05) is 51.4 Å². The predicted octanol–water partition coefficient (Wildman–Crippen LogP) is 4.04. The number of amides is 1. The largest absolute Gasteiger partial charge is 0.494 e. The van der Waals surface area contributed by atoms with Crippen LogP contribution in [0, 0.1) is 0 Å². The van der Waals surface area contributed by atoms with Crippen LogP contribution in [-0.2, 0) is 16.1 Å². The van der Waals surface area contributed by atoms with Crippen LogP contribution in [0.4, 0.5) is 5.13 Å². The molecule has 1 fully saturated rings. The molecular formula is C24H26Cl2N4O5S. The van der Waals surface area contributed by atoms with Crippen molar-refractivity contribution < 1.29 is 18.7 Å². The highest BCUT2D eigenvalue weighted by molar-refractivity contribution is 7.23. The van der Waals surface area contributed by atoms with Gasteiger partial charge in [0.1, 0.15) is 17.8 Å². The van der Waals surface area contributed by atoms with Crippen LogP contribution in [0.3, 0.4) is 0 Å². The molecule has 0 bridgehead atoms. The molecule has 9 nitrogen and oxygen atoms in total. The molecular weight excluding hydrogens is 527 g/mol. The molecule has 5 rings (SSSR count). The number of halogens is 2. The van der Waals surface area contributed by atoms with E-state index in [1.807, 2.05) is 0 Å². The lowest BCUT2D eigenvalue weighted by Gasteiger charge is -2.27. The van der Waals surface area contributed by atoms with Crippen LogP contribution in [0.25, 0.3) is 21.3 Å². The van der Waals surface area contributed by atoms with Crippen molar-refractivity contribution in [1.29, 1.82) is 0 Å². The Morgan fingerprint density at radius 2 is 2.00 bits per heavy atom. The number of oxazole rings is 1.